The molecule has 9 nitrogen and oxygen atoms in total. The topological polar surface area (TPSA) is 105 Å². The first-order chi connectivity index (χ1) is 19.1. The Kier molecular flexibility index (Phi) is 6.83. The van der Waals surface area contributed by atoms with Crippen LogP contribution >= 0.6 is 0 Å². The monoisotopic (exact) mass is 564 g/mol. The predicted molar refractivity (Wildman–Crippen MR) is 132 cm³/mol. The number of fused-ring (bicyclic) bond motifs is 1. The summed E-state index contributed by atoms with van der Waals surface area (Å²) in [5.41, 5.74) is -0.548. The number of nitrogens with one attached hydrogen (secondary N) is 2. The summed E-state index contributed by atoms with van der Waals surface area (Å²) in [5, 5.41) is 21.1. The lowest BCUT2D eigenvalue weighted by molar-refractivity contribution is -0.137. The highest BCUT2D eigenvalue weighted by Gasteiger charge is 2.71. The zero-order chi connectivity index (χ0) is 28.1. The zero-order valence-electron chi connectivity index (χ0n) is 21.5. The van der Waals surface area contributed by atoms with E-state index < -0.39 is 41.4 Å². The number of piperidine rings is 1. The number of aromatic nitrogens is 6. The molecule has 0 bridgehead atoms. The lowest BCUT2D eigenvalue weighted by Gasteiger charge is -2.23. The molecule has 3 atom stereocenters. The van der Waals surface area contributed by atoms with Crippen LogP contribution in [0.2, 0.25) is 0 Å². The number of halogens is 5. The zero-order valence-corrected chi connectivity index (χ0v) is 21.5. The summed E-state index contributed by atoms with van der Waals surface area (Å²) in [6.45, 7) is 1.13. The normalized spacial score (nSPS) is 23.3. The molecule has 2 saturated carbocycles. The quantitative estimate of drug-likeness (QED) is 0.379. The molecule has 3 aliphatic rings. The number of hydrogen-bond donors (Lipinski definition) is 2. The average molecular weight is 565 g/mol. The summed E-state index contributed by atoms with van der Waals surface area (Å²) in [6.07, 6.45) is -0.453. The van der Waals surface area contributed by atoms with Crippen molar-refractivity contribution in [3.63, 3.8) is 0 Å². The van der Waals surface area contributed by atoms with E-state index in [4.69, 9.17) is 0 Å². The highest BCUT2D eigenvalue weighted by atomic mass is 19.4. The maximum Gasteiger partial charge on any atom is 0.417 e. The van der Waals surface area contributed by atoms with Crippen molar-refractivity contribution in [1.82, 2.24) is 40.6 Å². The number of hydrogen-bond acceptors (Lipinski definition) is 6. The van der Waals surface area contributed by atoms with Gasteiger partial charge in [-0.05, 0) is 41.8 Å². The van der Waals surface area contributed by atoms with E-state index in [0.717, 1.165) is 31.7 Å². The van der Waals surface area contributed by atoms with Gasteiger partial charge in [0.1, 0.15) is 5.82 Å². The molecule has 3 aromatic rings. The van der Waals surface area contributed by atoms with Crippen LogP contribution in [-0.4, -0.2) is 72.8 Å². The van der Waals surface area contributed by atoms with Gasteiger partial charge >= 0.3 is 6.18 Å². The minimum atomic E-state index is -4.57. The van der Waals surface area contributed by atoms with Gasteiger partial charge in [0.25, 0.3) is 11.8 Å². The Hall–Kier alpha value is -3.42. The number of aromatic amines is 1. The highest BCUT2D eigenvalue weighted by Crippen LogP contribution is 2.59. The van der Waals surface area contributed by atoms with Gasteiger partial charge in [-0.2, -0.15) is 18.3 Å². The molecule has 0 radical (unpaired) electrons. The molecule has 6 rings (SSSR count). The first-order valence-electron chi connectivity index (χ1n) is 13.5. The van der Waals surface area contributed by atoms with E-state index in [0.29, 0.717) is 31.9 Å². The van der Waals surface area contributed by atoms with Crippen LogP contribution in [0.4, 0.5) is 22.0 Å². The Bertz CT molecular complexity index is 1340. The van der Waals surface area contributed by atoms with Gasteiger partial charge in [0.15, 0.2) is 5.69 Å². The third-order valence-corrected chi connectivity index (χ3v) is 8.38. The number of H-pyrrole nitrogens is 1. The van der Waals surface area contributed by atoms with Crippen molar-refractivity contribution >= 4 is 5.91 Å². The van der Waals surface area contributed by atoms with E-state index >= 15 is 0 Å². The number of tetrazole rings is 1. The Morgan fingerprint density at radius 3 is 2.55 bits per heavy atom. The maximum absolute atomic E-state index is 13.9. The van der Waals surface area contributed by atoms with E-state index in [2.05, 4.69) is 31.0 Å². The van der Waals surface area contributed by atoms with Crippen molar-refractivity contribution in [1.29, 1.82) is 0 Å². The predicted octanol–water partition coefficient (Wildman–Crippen LogP) is 4.13. The van der Waals surface area contributed by atoms with Gasteiger partial charge in [-0.15, -0.1) is 5.10 Å². The van der Waals surface area contributed by atoms with E-state index in [9.17, 15) is 26.7 Å². The largest absolute Gasteiger partial charge is 0.417 e. The Morgan fingerprint density at radius 2 is 1.88 bits per heavy atom. The Labute approximate surface area is 226 Å². The number of likely N-dealkylation sites (tertiary alicyclic amines) is 1. The molecule has 14 heteroatoms. The second kappa shape index (κ2) is 10.2. The smallest absolute Gasteiger partial charge is 0.347 e. The molecule has 3 fully saturated rings. The number of rotatable bonds is 9. The van der Waals surface area contributed by atoms with Crippen molar-refractivity contribution < 1.29 is 26.7 Å². The van der Waals surface area contributed by atoms with Crippen LogP contribution in [0.15, 0.2) is 30.3 Å². The number of benzene rings is 1. The molecule has 1 aliphatic heterocycles. The second-order valence-electron chi connectivity index (χ2n) is 11.0. The first-order valence-corrected chi connectivity index (χ1v) is 13.5. The fourth-order valence-electron chi connectivity index (χ4n) is 6.18. The molecule has 1 saturated heterocycles. The molecular formula is C26H29F5N8O. The van der Waals surface area contributed by atoms with Crippen LogP contribution in [0.25, 0.3) is 11.3 Å². The lowest BCUT2D eigenvalue weighted by atomic mass is 10.0. The van der Waals surface area contributed by atoms with E-state index in [1.165, 1.54) is 24.3 Å². The van der Waals surface area contributed by atoms with Crippen LogP contribution < -0.4 is 5.32 Å². The maximum atomic E-state index is 13.9. The van der Waals surface area contributed by atoms with Crippen molar-refractivity contribution in [3.05, 3.63) is 47.4 Å². The molecule has 40 heavy (non-hydrogen) atoms. The van der Waals surface area contributed by atoms with E-state index in [1.54, 1.807) is 4.68 Å². The molecule has 2 aliphatic carbocycles. The van der Waals surface area contributed by atoms with Gasteiger partial charge < -0.3 is 10.2 Å². The molecular weight excluding hydrogens is 535 g/mol. The summed E-state index contributed by atoms with van der Waals surface area (Å²) in [7, 11) is 0. The average Bonchev–Trinajstić information content (AvgIpc) is 3.62. The summed E-state index contributed by atoms with van der Waals surface area (Å²) in [6, 6.07) is 6.16. The third kappa shape index (κ3) is 5.20. The van der Waals surface area contributed by atoms with Gasteiger partial charge in [0.2, 0.25) is 0 Å². The number of nitrogens with zero attached hydrogens (tertiary/aromatic N) is 6. The highest BCUT2D eigenvalue weighted by molar-refractivity contribution is 5.93. The van der Waals surface area contributed by atoms with Crippen molar-refractivity contribution in [2.75, 3.05) is 19.6 Å². The molecule has 2 unspecified atom stereocenters. The van der Waals surface area contributed by atoms with Crippen molar-refractivity contribution in [3.8, 4) is 11.3 Å². The molecule has 214 valence electrons. The van der Waals surface area contributed by atoms with Gasteiger partial charge in [-0.25, -0.2) is 13.9 Å². The van der Waals surface area contributed by atoms with Crippen LogP contribution in [-0.2, 0) is 12.6 Å². The third-order valence-electron chi connectivity index (χ3n) is 8.38. The minimum absolute atomic E-state index is 0.0154. The second-order valence-corrected chi connectivity index (χ2v) is 11.0. The first kappa shape index (κ1) is 26.8. The standard InChI is InChI=1S/C26H29F5N8O/c27-25(28)19-13-38(14-20(19)25)10-9-15(11-23-33-36-37-34-23)32-24(40)21-12-22(39(35-21)16-5-1-2-6-16)17-7-3-4-8-18(17)26(29,30)31/h3-4,7-8,12,15-16,19-20H,1-2,5-6,9-11,13-14H2,(H,32,40)(H,33,34,36,37)/t15-,19?,20?/m0/s1. The van der Waals surface area contributed by atoms with E-state index in [1.807, 2.05) is 4.90 Å². The molecule has 3 heterocycles. The summed E-state index contributed by atoms with van der Waals surface area (Å²) in [5.74, 6) is -3.86. The van der Waals surface area contributed by atoms with Crippen LogP contribution in [0.3, 0.4) is 0 Å². The van der Waals surface area contributed by atoms with Gasteiger partial charge in [-0.1, -0.05) is 31.0 Å². The number of carbonyl (C=O) groups is 1. The number of alkyl halides is 5. The minimum Gasteiger partial charge on any atom is -0.347 e. The van der Waals surface area contributed by atoms with Crippen LogP contribution in [0.1, 0.15) is 60.0 Å². The van der Waals surface area contributed by atoms with E-state index in [-0.39, 0.29) is 29.4 Å². The number of carbonyl (C=O) groups excluding carboxylic acids is 1. The molecule has 2 N–H and O–H groups in total. The molecule has 1 aromatic carbocycles. The fourth-order valence-corrected chi connectivity index (χ4v) is 6.18. The van der Waals surface area contributed by atoms with Gasteiger partial charge in [-0.3, -0.25) is 9.48 Å². The van der Waals surface area contributed by atoms with Crippen molar-refractivity contribution in [2.45, 2.75) is 62.7 Å². The number of amides is 1. The lowest BCUT2D eigenvalue weighted by Crippen LogP contribution is -2.40. The summed E-state index contributed by atoms with van der Waals surface area (Å²) < 4.78 is 70.4. The Morgan fingerprint density at radius 1 is 1.15 bits per heavy atom. The SMILES string of the molecule is O=C(N[C@@H](CCN1CC2C(C1)C2(F)F)Cc1nnn[nH]1)c1cc(-c2ccccc2C(F)(F)F)n(C2CCCC2)n1. The van der Waals surface area contributed by atoms with Crippen LogP contribution in [0.5, 0.6) is 0 Å². The summed E-state index contributed by atoms with van der Waals surface area (Å²) in [4.78, 5) is 15.4. The molecule has 2 aromatic heterocycles. The van der Waals surface area contributed by atoms with Crippen LogP contribution in [0, 0.1) is 11.8 Å². The molecule has 1 amide bonds. The van der Waals surface area contributed by atoms with Gasteiger partial charge in [0.05, 0.1) is 17.3 Å². The Balaban J connectivity index is 1.23. The fraction of sp³-hybridized carbons (Fsp3) is 0.577. The summed E-state index contributed by atoms with van der Waals surface area (Å²) >= 11 is 0. The van der Waals surface area contributed by atoms with Crippen molar-refractivity contribution in [2.24, 2.45) is 11.8 Å². The molecule has 0 spiro atoms. The van der Waals surface area contributed by atoms with Gasteiger partial charge in [0, 0.05) is 49.5 Å².